The van der Waals surface area contributed by atoms with Gasteiger partial charge >= 0.3 is 11.9 Å². The van der Waals surface area contributed by atoms with Crippen molar-refractivity contribution in [2.24, 2.45) is 11.8 Å². The lowest BCUT2D eigenvalue weighted by Crippen LogP contribution is -2.38. The van der Waals surface area contributed by atoms with Crippen LogP contribution in [0.2, 0.25) is 0 Å². The minimum Gasteiger partial charge on any atom is -0.459 e. The van der Waals surface area contributed by atoms with Gasteiger partial charge in [-0.15, -0.1) is 0 Å². The molecule has 0 saturated heterocycles. The smallest absolute Gasteiger partial charge is 0.306 e. The predicted molar refractivity (Wildman–Crippen MR) is 112 cm³/mol. The molecule has 0 aliphatic heterocycles. The van der Waals surface area contributed by atoms with Crippen LogP contribution in [0.4, 0.5) is 0 Å². The van der Waals surface area contributed by atoms with Crippen molar-refractivity contribution in [3.8, 4) is 0 Å². The molecule has 158 valence electrons. The summed E-state index contributed by atoms with van der Waals surface area (Å²) in [6, 6.07) is 0. The van der Waals surface area contributed by atoms with Gasteiger partial charge in [0.1, 0.15) is 11.2 Å². The molecule has 0 aromatic heterocycles. The van der Waals surface area contributed by atoms with E-state index in [1.54, 1.807) is 0 Å². The molecular formula is C24H38O4. The molecule has 28 heavy (non-hydrogen) atoms. The molecule has 0 saturated carbocycles. The maximum atomic E-state index is 12.3. The quantitative estimate of drug-likeness (QED) is 0.401. The SMILES string of the molecule is CC1=CCC(C(C)(C)OC(=O)CCC(=O)OC(C)(C)C2CC=C(C)CC2)CC1. The molecule has 2 unspecified atom stereocenters. The standard InChI is InChI=1S/C24H38O4/c1-17-7-11-19(12-8-17)23(3,4)27-21(25)15-16-22(26)28-24(5,6)20-13-9-18(2)10-14-20/h7,9,19-20H,8,10-16H2,1-6H3. The Hall–Kier alpha value is -1.58. The van der Waals surface area contributed by atoms with Gasteiger partial charge in [0.15, 0.2) is 0 Å². The van der Waals surface area contributed by atoms with Crippen molar-refractivity contribution in [2.45, 2.75) is 104 Å². The normalized spacial score (nSPS) is 23.5. The van der Waals surface area contributed by atoms with E-state index >= 15 is 0 Å². The van der Waals surface area contributed by atoms with Gasteiger partial charge < -0.3 is 9.47 Å². The molecule has 2 rings (SSSR count). The first kappa shape index (κ1) is 22.7. The summed E-state index contributed by atoms with van der Waals surface area (Å²) < 4.78 is 11.5. The minimum absolute atomic E-state index is 0.0730. The molecule has 0 amide bonds. The average Bonchev–Trinajstić information content (AvgIpc) is 2.60. The van der Waals surface area contributed by atoms with Crippen LogP contribution in [0.25, 0.3) is 0 Å². The van der Waals surface area contributed by atoms with Gasteiger partial charge in [0, 0.05) is 11.8 Å². The Labute approximate surface area is 170 Å². The van der Waals surface area contributed by atoms with E-state index in [0.29, 0.717) is 11.8 Å². The van der Waals surface area contributed by atoms with Gasteiger partial charge in [-0.05, 0) is 80.1 Å². The third-order valence-electron chi connectivity index (χ3n) is 6.53. The molecule has 4 nitrogen and oxygen atoms in total. The zero-order valence-corrected chi connectivity index (χ0v) is 18.6. The van der Waals surface area contributed by atoms with Crippen LogP contribution in [0.15, 0.2) is 23.3 Å². The number of allylic oxidation sites excluding steroid dienone is 4. The third kappa shape index (κ3) is 6.49. The number of carbonyl (C=O) groups excluding carboxylic acids is 2. The van der Waals surface area contributed by atoms with Gasteiger partial charge in [0.2, 0.25) is 0 Å². The van der Waals surface area contributed by atoms with Crippen LogP contribution in [0.5, 0.6) is 0 Å². The number of hydrogen-bond donors (Lipinski definition) is 0. The Balaban J connectivity index is 1.78. The predicted octanol–water partition coefficient (Wildman–Crippen LogP) is 5.90. The zero-order chi connectivity index (χ0) is 20.9. The highest BCUT2D eigenvalue weighted by Crippen LogP contribution is 2.35. The Morgan fingerprint density at radius 3 is 1.46 bits per heavy atom. The van der Waals surface area contributed by atoms with Crippen molar-refractivity contribution >= 4 is 11.9 Å². The molecular weight excluding hydrogens is 352 g/mol. The molecule has 0 aromatic carbocycles. The summed E-state index contributed by atoms with van der Waals surface area (Å²) in [6.45, 7) is 12.2. The Bertz CT molecular complexity index is 583. The van der Waals surface area contributed by atoms with E-state index in [1.165, 1.54) is 11.1 Å². The van der Waals surface area contributed by atoms with Crippen LogP contribution in [-0.4, -0.2) is 23.1 Å². The Kier molecular flexibility index (Phi) is 7.52. The number of esters is 2. The van der Waals surface area contributed by atoms with Crippen LogP contribution >= 0.6 is 0 Å². The first-order valence-electron chi connectivity index (χ1n) is 10.7. The average molecular weight is 391 g/mol. The summed E-state index contributed by atoms with van der Waals surface area (Å²) >= 11 is 0. The summed E-state index contributed by atoms with van der Waals surface area (Å²) in [5.74, 6) is 0.0206. The van der Waals surface area contributed by atoms with E-state index in [9.17, 15) is 9.59 Å². The maximum absolute atomic E-state index is 12.3. The van der Waals surface area contributed by atoms with Crippen LogP contribution in [-0.2, 0) is 19.1 Å². The second kappa shape index (κ2) is 9.28. The number of rotatable bonds is 7. The van der Waals surface area contributed by atoms with Crippen LogP contribution in [0.3, 0.4) is 0 Å². The number of hydrogen-bond acceptors (Lipinski definition) is 4. The van der Waals surface area contributed by atoms with Gasteiger partial charge in [0.25, 0.3) is 0 Å². The first-order chi connectivity index (χ1) is 13.0. The van der Waals surface area contributed by atoms with E-state index in [0.717, 1.165) is 38.5 Å². The third-order valence-corrected chi connectivity index (χ3v) is 6.53. The number of carbonyl (C=O) groups is 2. The van der Waals surface area contributed by atoms with Crippen LogP contribution in [0.1, 0.15) is 92.9 Å². The summed E-state index contributed by atoms with van der Waals surface area (Å²) in [5.41, 5.74) is 1.80. The van der Waals surface area contributed by atoms with E-state index in [2.05, 4.69) is 26.0 Å². The molecule has 0 bridgehead atoms. The van der Waals surface area contributed by atoms with Crippen molar-refractivity contribution in [1.82, 2.24) is 0 Å². The highest BCUT2D eigenvalue weighted by atomic mass is 16.6. The van der Waals surface area contributed by atoms with Crippen molar-refractivity contribution in [2.75, 3.05) is 0 Å². The van der Waals surface area contributed by atoms with Crippen molar-refractivity contribution in [1.29, 1.82) is 0 Å². The van der Waals surface area contributed by atoms with E-state index in [1.807, 2.05) is 27.7 Å². The second-order valence-electron chi connectivity index (χ2n) is 9.70. The molecule has 0 radical (unpaired) electrons. The summed E-state index contributed by atoms with van der Waals surface area (Å²) in [5, 5.41) is 0. The maximum Gasteiger partial charge on any atom is 0.306 e. The van der Waals surface area contributed by atoms with Gasteiger partial charge in [-0.2, -0.15) is 0 Å². The summed E-state index contributed by atoms with van der Waals surface area (Å²) in [6.07, 6.45) is 10.7. The van der Waals surface area contributed by atoms with Gasteiger partial charge in [-0.1, -0.05) is 23.3 Å². The molecule has 0 N–H and O–H groups in total. The first-order valence-corrected chi connectivity index (χ1v) is 10.7. The van der Waals surface area contributed by atoms with Crippen molar-refractivity contribution in [3.05, 3.63) is 23.3 Å². The van der Waals surface area contributed by atoms with Crippen LogP contribution < -0.4 is 0 Å². The van der Waals surface area contributed by atoms with Gasteiger partial charge in [0.05, 0.1) is 12.8 Å². The van der Waals surface area contributed by atoms with Crippen molar-refractivity contribution in [3.63, 3.8) is 0 Å². The molecule has 0 aromatic rings. The fraction of sp³-hybridized carbons (Fsp3) is 0.750. The van der Waals surface area contributed by atoms with Crippen LogP contribution in [0, 0.1) is 11.8 Å². The molecule has 2 atom stereocenters. The van der Waals surface area contributed by atoms with Gasteiger partial charge in [-0.25, -0.2) is 0 Å². The zero-order valence-electron chi connectivity index (χ0n) is 18.6. The molecule has 2 aliphatic rings. The molecule has 0 spiro atoms. The van der Waals surface area contributed by atoms with Gasteiger partial charge in [-0.3, -0.25) is 9.59 Å². The highest BCUT2D eigenvalue weighted by Gasteiger charge is 2.35. The lowest BCUT2D eigenvalue weighted by atomic mass is 9.79. The van der Waals surface area contributed by atoms with E-state index < -0.39 is 11.2 Å². The van der Waals surface area contributed by atoms with Crippen molar-refractivity contribution < 1.29 is 19.1 Å². The largest absolute Gasteiger partial charge is 0.459 e. The van der Waals surface area contributed by atoms with E-state index in [-0.39, 0.29) is 24.8 Å². The molecule has 2 aliphatic carbocycles. The highest BCUT2D eigenvalue weighted by molar-refractivity contribution is 5.78. The lowest BCUT2D eigenvalue weighted by Gasteiger charge is -2.36. The molecule has 0 fully saturated rings. The molecule has 4 heteroatoms. The molecule has 0 heterocycles. The lowest BCUT2D eigenvalue weighted by molar-refractivity contribution is -0.169. The second-order valence-corrected chi connectivity index (χ2v) is 9.70. The Morgan fingerprint density at radius 2 is 1.18 bits per heavy atom. The number of ether oxygens (including phenoxy) is 2. The summed E-state index contributed by atoms with van der Waals surface area (Å²) in [4.78, 5) is 24.6. The fourth-order valence-corrected chi connectivity index (χ4v) is 4.25. The fourth-order valence-electron chi connectivity index (χ4n) is 4.25. The van der Waals surface area contributed by atoms with E-state index in [4.69, 9.17) is 9.47 Å². The summed E-state index contributed by atoms with van der Waals surface area (Å²) in [7, 11) is 0. The Morgan fingerprint density at radius 1 is 0.821 bits per heavy atom. The minimum atomic E-state index is -0.510. The monoisotopic (exact) mass is 390 g/mol. The topological polar surface area (TPSA) is 52.6 Å².